The van der Waals surface area contributed by atoms with Crippen molar-refractivity contribution in [2.45, 2.75) is 20.3 Å². The van der Waals surface area contributed by atoms with E-state index in [9.17, 15) is 8.42 Å². The average Bonchev–Trinajstić information content (AvgIpc) is 2.98. The Morgan fingerprint density at radius 3 is 2.56 bits per heavy atom. The van der Waals surface area contributed by atoms with Crippen LogP contribution in [0.2, 0.25) is 0 Å². The number of para-hydroxylation sites is 1. The van der Waals surface area contributed by atoms with Gasteiger partial charge in [-0.3, -0.25) is 9.30 Å². The van der Waals surface area contributed by atoms with Gasteiger partial charge in [-0.25, -0.2) is 8.42 Å². The van der Waals surface area contributed by atoms with Crippen molar-refractivity contribution < 1.29 is 8.42 Å². The van der Waals surface area contributed by atoms with E-state index in [1.807, 2.05) is 50.2 Å². The molecule has 1 aliphatic rings. The van der Waals surface area contributed by atoms with Crippen LogP contribution in [-0.2, 0) is 16.4 Å². The van der Waals surface area contributed by atoms with E-state index in [4.69, 9.17) is 5.73 Å². The number of sulfonamides is 1. The molecule has 6 nitrogen and oxygen atoms in total. The number of hydrogen-bond donors (Lipinski definition) is 2. The Morgan fingerprint density at radius 2 is 1.85 bits per heavy atom. The largest absolute Gasteiger partial charge is 0.370 e. The van der Waals surface area contributed by atoms with Crippen LogP contribution in [0.25, 0.3) is 0 Å². The molecule has 3 rings (SSSR count). The predicted octanol–water partition coefficient (Wildman–Crippen LogP) is 3.04. The third kappa shape index (κ3) is 5.35. The monoisotopic (exact) mass is 500 g/mol. The molecular formula is C19H25IN4O2S. The van der Waals surface area contributed by atoms with Crippen LogP contribution in [0.1, 0.15) is 16.7 Å². The number of anilines is 2. The van der Waals surface area contributed by atoms with Gasteiger partial charge in [-0.2, -0.15) is 0 Å². The lowest BCUT2D eigenvalue weighted by Crippen LogP contribution is -2.33. The normalized spacial score (nSPS) is 13.9. The average molecular weight is 500 g/mol. The first-order chi connectivity index (χ1) is 12.3. The summed E-state index contributed by atoms with van der Waals surface area (Å²) in [7, 11) is -3.41. The van der Waals surface area contributed by atoms with Crippen LogP contribution in [0.4, 0.5) is 11.4 Å². The fourth-order valence-electron chi connectivity index (χ4n) is 3.22. The third-order valence-corrected chi connectivity index (χ3v) is 6.06. The molecule has 1 aliphatic heterocycles. The molecule has 0 spiro atoms. The number of nitrogens with zero attached hydrogens (tertiary/aromatic N) is 2. The smallest absolute Gasteiger partial charge is 0.237 e. The van der Waals surface area contributed by atoms with Gasteiger partial charge in [-0.15, -0.1) is 24.0 Å². The van der Waals surface area contributed by atoms with Crippen LogP contribution in [-0.4, -0.2) is 33.2 Å². The summed E-state index contributed by atoms with van der Waals surface area (Å²) in [6.07, 6.45) is 0.745. The first kappa shape index (κ1) is 21.5. The number of rotatable bonds is 5. The van der Waals surface area contributed by atoms with E-state index in [1.54, 1.807) is 0 Å². The van der Waals surface area contributed by atoms with Gasteiger partial charge in [0.15, 0.2) is 5.96 Å². The van der Waals surface area contributed by atoms with E-state index >= 15 is 0 Å². The Bertz CT molecular complexity index is 924. The second-order valence-electron chi connectivity index (χ2n) is 6.54. The topological polar surface area (TPSA) is 87.8 Å². The van der Waals surface area contributed by atoms with Gasteiger partial charge >= 0.3 is 0 Å². The zero-order valence-corrected chi connectivity index (χ0v) is 18.6. The maximum Gasteiger partial charge on any atom is 0.237 e. The van der Waals surface area contributed by atoms with Gasteiger partial charge in [-0.05, 0) is 55.2 Å². The maximum atomic E-state index is 12.6. The van der Waals surface area contributed by atoms with Crippen molar-refractivity contribution in [1.29, 1.82) is 0 Å². The number of nitrogens with two attached hydrogens (primary N) is 1. The molecule has 8 heteroatoms. The van der Waals surface area contributed by atoms with E-state index < -0.39 is 10.0 Å². The Labute approximate surface area is 177 Å². The Balaban J connectivity index is 0.00000261. The van der Waals surface area contributed by atoms with Gasteiger partial charge in [0.25, 0.3) is 0 Å². The number of nitrogens with one attached hydrogen (secondary N) is 1. The summed E-state index contributed by atoms with van der Waals surface area (Å²) in [5.41, 5.74) is 10.8. The molecule has 0 radical (unpaired) electrons. The molecular weight excluding hydrogens is 475 g/mol. The van der Waals surface area contributed by atoms with Crippen LogP contribution in [0.5, 0.6) is 0 Å². The first-order valence-electron chi connectivity index (χ1n) is 8.59. The fourth-order valence-corrected chi connectivity index (χ4v) is 4.61. The van der Waals surface area contributed by atoms with E-state index in [2.05, 4.69) is 16.4 Å². The van der Waals surface area contributed by atoms with E-state index in [0.29, 0.717) is 6.54 Å². The number of aryl methyl sites for hydroxylation is 2. The zero-order valence-electron chi connectivity index (χ0n) is 15.5. The molecule has 2 aromatic rings. The van der Waals surface area contributed by atoms with Crippen molar-refractivity contribution >= 4 is 51.3 Å². The lowest BCUT2D eigenvalue weighted by molar-refractivity contribution is 0.592. The molecule has 0 unspecified atom stereocenters. The predicted molar refractivity (Wildman–Crippen MR) is 123 cm³/mol. The lowest BCUT2D eigenvalue weighted by Gasteiger charge is -2.19. The molecule has 0 amide bonds. The van der Waals surface area contributed by atoms with Crippen LogP contribution in [0.3, 0.4) is 0 Å². The number of benzene rings is 2. The summed E-state index contributed by atoms with van der Waals surface area (Å²) in [5.74, 6) is 0.142. The van der Waals surface area contributed by atoms with Crippen molar-refractivity contribution in [2.24, 2.45) is 10.7 Å². The first-order valence-corrected chi connectivity index (χ1v) is 10.2. The highest BCUT2D eigenvalue weighted by Crippen LogP contribution is 2.29. The van der Waals surface area contributed by atoms with Gasteiger partial charge in [0.05, 0.1) is 18.0 Å². The van der Waals surface area contributed by atoms with Crippen molar-refractivity contribution in [1.82, 2.24) is 0 Å². The van der Waals surface area contributed by atoms with E-state index in [0.717, 1.165) is 34.5 Å². The van der Waals surface area contributed by atoms with Crippen LogP contribution >= 0.6 is 24.0 Å². The summed E-state index contributed by atoms with van der Waals surface area (Å²) < 4.78 is 26.7. The lowest BCUT2D eigenvalue weighted by atomic mass is 10.1. The van der Waals surface area contributed by atoms with Crippen molar-refractivity contribution in [3.8, 4) is 0 Å². The Morgan fingerprint density at radius 1 is 1.19 bits per heavy atom. The second-order valence-corrected chi connectivity index (χ2v) is 8.55. The molecule has 0 atom stereocenters. The zero-order chi connectivity index (χ0) is 18.7. The number of aliphatic imine (C=N–C) groups is 1. The van der Waals surface area contributed by atoms with Crippen molar-refractivity contribution in [2.75, 3.05) is 28.5 Å². The molecule has 0 saturated heterocycles. The highest BCUT2D eigenvalue weighted by molar-refractivity contribution is 14.0. The van der Waals surface area contributed by atoms with E-state index in [-0.39, 0.29) is 42.2 Å². The fraction of sp³-hybridized carbons (Fsp3) is 0.316. The molecule has 0 bridgehead atoms. The molecule has 27 heavy (non-hydrogen) atoms. The molecule has 2 aromatic carbocycles. The number of guanidine groups is 1. The van der Waals surface area contributed by atoms with Crippen LogP contribution in [0, 0.1) is 13.8 Å². The van der Waals surface area contributed by atoms with Gasteiger partial charge in [0.1, 0.15) is 0 Å². The third-order valence-electron chi connectivity index (χ3n) is 4.31. The van der Waals surface area contributed by atoms with Gasteiger partial charge < -0.3 is 11.1 Å². The number of fused-ring (bicyclic) bond motifs is 1. The summed E-state index contributed by atoms with van der Waals surface area (Å²) >= 11 is 0. The number of hydrogen-bond acceptors (Lipinski definition) is 3. The van der Waals surface area contributed by atoms with Crippen molar-refractivity contribution in [3.63, 3.8) is 0 Å². The minimum Gasteiger partial charge on any atom is -0.370 e. The van der Waals surface area contributed by atoms with Gasteiger partial charge in [0, 0.05) is 12.2 Å². The van der Waals surface area contributed by atoms with Crippen molar-refractivity contribution in [3.05, 3.63) is 59.2 Å². The minimum atomic E-state index is -3.41. The number of halogens is 1. The molecule has 0 aromatic heterocycles. The SMILES string of the molecule is Cc1cc(C)cc(NC(N)=NCCS(=O)(=O)N2CCc3ccccc32)c1.I. The highest BCUT2D eigenvalue weighted by atomic mass is 127. The maximum absolute atomic E-state index is 12.6. The summed E-state index contributed by atoms with van der Waals surface area (Å²) in [6.45, 7) is 4.62. The molecule has 3 N–H and O–H groups in total. The molecule has 0 saturated carbocycles. The second kappa shape index (κ2) is 8.92. The van der Waals surface area contributed by atoms with Crippen LogP contribution < -0.4 is 15.4 Å². The Kier molecular flexibility index (Phi) is 7.10. The van der Waals surface area contributed by atoms with Gasteiger partial charge in [0.2, 0.25) is 10.0 Å². The molecule has 0 aliphatic carbocycles. The van der Waals surface area contributed by atoms with Crippen LogP contribution in [0.15, 0.2) is 47.5 Å². The highest BCUT2D eigenvalue weighted by Gasteiger charge is 2.28. The quantitative estimate of drug-likeness (QED) is 0.376. The van der Waals surface area contributed by atoms with E-state index in [1.165, 1.54) is 4.31 Å². The molecule has 1 heterocycles. The molecule has 146 valence electrons. The standard InChI is InChI=1S/C19H24N4O2S.HI/c1-14-11-15(2)13-17(12-14)22-19(20)21-8-10-26(24,25)23-9-7-16-5-3-4-6-18(16)23;/h3-6,11-13H,7-10H2,1-2H3,(H3,20,21,22);1H. The van der Waals surface area contributed by atoms with Gasteiger partial charge in [-0.1, -0.05) is 24.3 Å². The summed E-state index contributed by atoms with van der Waals surface area (Å²) in [6, 6.07) is 13.6. The summed E-state index contributed by atoms with van der Waals surface area (Å²) in [4.78, 5) is 4.17. The molecule has 0 fully saturated rings. The Hall–Kier alpha value is -1.81. The minimum absolute atomic E-state index is 0. The summed E-state index contributed by atoms with van der Waals surface area (Å²) in [5, 5.41) is 3.01.